The van der Waals surface area contributed by atoms with Crippen molar-refractivity contribution in [3.05, 3.63) is 21.4 Å². The Balaban J connectivity index is 2.16. The number of aryl methyl sites for hydroxylation is 1. The number of carboxylic acids is 1. The maximum atomic E-state index is 12.1. The van der Waals surface area contributed by atoms with Gasteiger partial charge in [0.2, 0.25) is 0 Å². The summed E-state index contributed by atoms with van der Waals surface area (Å²) in [6.07, 6.45) is -4.08. The minimum absolute atomic E-state index is 0.0750. The van der Waals surface area contributed by atoms with Crippen LogP contribution in [0.1, 0.15) is 32.6 Å². The number of alkyl halides is 3. The Hall–Kier alpha value is -1.57. The van der Waals surface area contributed by atoms with Crippen molar-refractivity contribution in [3.63, 3.8) is 0 Å². The standard InChI is InChI=1S/C10H8F3NO3S/c11-10(12,13)9(17)14-5-1-2-6-4(5)3-7(18-6)8(15)16/h3,5H,1-2H2,(H,14,17)(H,15,16). The first kappa shape index (κ1) is 12.9. The average Bonchev–Trinajstić information content (AvgIpc) is 2.78. The second kappa shape index (κ2) is 4.27. The number of halogens is 3. The van der Waals surface area contributed by atoms with Gasteiger partial charge in [0.1, 0.15) is 4.88 Å². The summed E-state index contributed by atoms with van der Waals surface area (Å²) in [5.41, 5.74) is 0.481. The summed E-state index contributed by atoms with van der Waals surface area (Å²) in [5, 5.41) is 10.7. The number of hydrogen-bond acceptors (Lipinski definition) is 3. The van der Waals surface area contributed by atoms with Crippen molar-refractivity contribution < 1.29 is 27.9 Å². The number of carbonyl (C=O) groups excluding carboxylic acids is 1. The SMILES string of the molecule is O=C(O)c1cc2c(s1)CCC2NC(=O)C(F)(F)F. The maximum Gasteiger partial charge on any atom is 0.471 e. The Morgan fingerprint density at radius 2 is 2.11 bits per heavy atom. The molecule has 18 heavy (non-hydrogen) atoms. The molecule has 1 heterocycles. The summed E-state index contributed by atoms with van der Waals surface area (Å²) >= 11 is 1.04. The van der Waals surface area contributed by atoms with Crippen LogP contribution in [-0.2, 0) is 11.2 Å². The summed E-state index contributed by atoms with van der Waals surface area (Å²) in [6, 6.07) is 0.579. The Morgan fingerprint density at radius 3 is 2.67 bits per heavy atom. The third kappa shape index (κ3) is 2.33. The molecule has 1 aliphatic rings. The van der Waals surface area contributed by atoms with E-state index in [1.54, 1.807) is 0 Å². The number of aromatic carboxylic acids is 1. The van der Waals surface area contributed by atoms with E-state index in [0.29, 0.717) is 18.4 Å². The Labute approximate surface area is 103 Å². The highest BCUT2D eigenvalue weighted by molar-refractivity contribution is 7.14. The van der Waals surface area contributed by atoms with Crippen LogP contribution in [-0.4, -0.2) is 23.2 Å². The number of fused-ring (bicyclic) bond motifs is 1. The van der Waals surface area contributed by atoms with E-state index in [1.807, 2.05) is 5.32 Å². The fraction of sp³-hybridized carbons (Fsp3) is 0.400. The Morgan fingerprint density at radius 1 is 1.44 bits per heavy atom. The lowest BCUT2D eigenvalue weighted by Gasteiger charge is -2.14. The number of thiophene rings is 1. The highest BCUT2D eigenvalue weighted by Gasteiger charge is 2.41. The van der Waals surface area contributed by atoms with E-state index in [1.165, 1.54) is 6.07 Å². The molecule has 0 radical (unpaired) electrons. The van der Waals surface area contributed by atoms with Gasteiger partial charge in [-0.3, -0.25) is 4.79 Å². The molecular weight excluding hydrogens is 271 g/mol. The molecule has 1 atom stereocenters. The van der Waals surface area contributed by atoms with Crippen LogP contribution < -0.4 is 5.32 Å². The van der Waals surface area contributed by atoms with Crippen molar-refractivity contribution in [2.24, 2.45) is 0 Å². The molecule has 0 saturated carbocycles. The molecule has 8 heteroatoms. The predicted octanol–water partition coefficient (Wildman–Crippen LogP) is 2.11. The van der Waals surface area contributed by atoms with E-state index in [4.69, 9.17) is 5.11 Å². The number of nitrogens with one attached hydrogen (secondary N) is 1. The van der Waals surface area contributed by atoms with Gasteiger partial charge in [0.25, 0.3) is 0 Å². The first-order valence-corrected chi connectivity index (χ1v) is 5.84. The maximum absolute atomic E-state index is 12.1. The third-order valence-corrected chi connectivity index (χ3v) is 3.85. The normalized spacial score (nSPS) is 18.5. The van der Waals surface area contributed by atoms with Gasteiger partial charge >= 0.3 is 18.1 Å². The molecule has 2 rings (SSSR count). The van der Waals surface area contributed by atoms with Gasteiger partial charge in [0.05, 0.1) is 6.04 Å². The topological polar surface area (TPSA) is 66.4 Å². The first-order chi connectivity index (χ1) is 8.29. The fourth-order valence-corrected chi connectivity index (χ4v) is 2.94. The Bertz CT molecular complexity index is 509. The van der Waals surface area contributed by atoms with Gasteiger partial charge in [-0.05, 0) is 24.5 Å². The van der Waals surface area contributed by atoms with E-state index in [9.17, 15) is 22.8 Å². The zero-order valence-electron chi connectivity index (χ0n) is 8.87. The van der Waals surface area contributed by atoms with E-state index < -0.39 is 24.1 Å². The lowest BCUT2D eigenvalue weighted by Crippen LogP contribution is -2.38. The minimum atomic E-state index is -4.92. The van der Waals surface area contributed by atoms with Gasteiger partial charge in [-0.25, -0.2) is 4.79 Å². The van der Waals surface area contributed by atoms with Crippen LogP contribution in [0.4, 0.5) is 13.2 Å². The number of rotatable bonds is 2. The van der Waals surface area contributed by atoms with Gasteiger partial charge in [-0.15, -0.1) is 11.3 Å². The van der Waals surface area contributed by atoms with E-state index in [2.05, 4.69) is 0 Å². The molecular formula is C10H8F3NO3S. The second-order valence-corrected chi connectivity index (χ2v) is 4.99. The van der Waals surface area contributed by atoms with Crippen LogP contribution in [0.15, 0.2) is 6.07 Å². The van der Waals surface area contributed by atoms with Crippen molar-refractivity contribution >= 4 is 23.2 Å². The van der Waals surface area contributed by atoms with Crippen LogP contribution in [0.2, 0.25) is 0 Å². The monoisotopic (exact) mass is 279 g/mol. The molecule has 1 amide bonds. The quantitative estimate of drug-likeness (QED) is 0.871. The smallest absolute Gasteiger partial charge is 0.471 e. The summed E-state index contributed by atoms with van der Waals surface area (Å²) in [7, 11) is 0. The van der Waals surface area contributed by atoms with Crippen LogP contribution in [0.3, 0.4) is 0 Å². The third-order valence-electron chi connectivity index (χ3n) is 2.65. The lowest BCUT2D eigenvalue weighted by atomic mass is 10.1. The van der Waals surface area contributed by atoms with Gasteiger partial charge in [0.15, 0.2) is 0 Å². The van der Waals surface area contributed by atoms with Crippen molar-refractivity contribution in [2.75, 3.05) is 0 Å². The highest BCUT2D eigenvalue weighted by atomic mass is 32.1. The largest absolute Gasteiger partial charge is 0.477 e. The zero-order chi connectivity index (χ0) is 13.5. The van der Waals surface area contributed by atoms with Crippen LogP contribution in [0.25, 0.3) is 0 Å². The van der Waals surface area contributed by atoms with Gasteiger partial charge in [-0.1, -0.05) is 0 Å². The minimum Gasteiger partial charge on any atom is -0.477 e. The first-order valence-electron chi connectivity index (χ1n) is 5.02. The number of amides is 1. The molecule has 0 saturated heterocycles. The van der Waals surface area contributed by atoms with Crippen LogP contribution >= 0.6 is 11.3 Å². The molecule has 1 aromatic rings. The van der Waals surface area contributed by atoms with Crippen molar-refractivity contribution in [3.8, 4) is 0 Å². The lowest BCUT2D eigenvalue weighted by molar-refractivity contribution is -0.174. The van der Waals surface area contributed by atoms with Crippen molar-refractivity contribution in [1.82, 2.24) is 5.32 Å². The number of carboxylic acid groups (broad SMARTS) is 1. The molecule has 2 N–H and O–H groups in total. The summed E-state index contributed by atoms with van der Waals surface area (Å²) in [4.78, 5) is 22.4. The van der Waals surface area contributed by atoms with E-state index in [-0.39, 0.29) is 4.88 Å². The van der Waals surface area contributed by atoms with Crippen LogP contribution in [0, 0.1) is 0 Å². The second-order valence-electron chi connectivity index (χ2n) is 3.86. The van der Waals surface area contributed by atoms with Gasteiger partial charge < -0.3 is 10.4 Å². The van der Waals surface area contributed by atoms with Gasteiger partial charge in [0, 0.05) is 4.88 Å². The summed E-state index contributed by atoms with van der Waals surface area (Å²) in [6.45, 7) is 0. The molecule has 1 unspecified atom stereocenters. The van der Waals surface area contributed by atoms with E-state index >= 15 is 0 Å². The molecule has 0 aliphatic heterocycles. The van der Waals surface area contributed by atoms with E-state index in [0.717, 1.165) is 16.2 Å². The highest BCUT2D eigenvalue weighted by Crippen LogP contribution is 2.37. The van der Waals surface area contributed by atoms with Gasteiger partial charge in [-0.2, -0.15) is 13.2 Å². The summed E-state index contributed by atoms with van der Waals surface area (Å²) in [5.74, 6) is -3.11. The predicted molar refractivity (Wildman–Crippen MR) is 56.5 cm³/mol. The molecule has 0 spiro atoms. The number of carbonyl (C=O) groups is 2. The Kier molecular flexibility index (Phi) is 3.05. The molecule has 0 fully saturated rings. The summed E-state index contributed by atoms with van der Waals surface area (Å²) < 4.78 is 36.3. The molecule has 0 bridgehead atoms. The van der Waals surface area contributed by atoms with Crippen molar-refractivity contribution in [2.45, 2.75) is 25.1 Å². The molecule has 98 valence electrons. The van der Waals surface area contributed by atoms with Crippen molar-refractivity contribution in [1.29, 1.82) is 0 Å². The average molecular weight is 279 g/mol. The van der Waals surface area contributed by atoms with Crippen LogP contribution in [0.5, 0.6) is 0 Å². The zero-order valence-corrected chi connectivity index (χ0v) is 9.69. The fourth-order valence-electron chi connectivity index (χ4n) is 1.86. The molecule has 0 aromatic carbocycles. The number of hydrogen-bond donors (Lipinski definition) is 2. The molecule has 1 aromatic heterocycles. The molecule has 4 nitrogen and oxygen atoms in total. The molecule has 1 aliphatic carbocycles.